The lowest BCUT2D eigenvalue weighted by atomic mass is 9.75. The van der Waals surface area contributed by atoms with Gasteiger partial charge in [-0.2, -0.15) is 0 Å². The van der Waals surface area contributed by atoms with Gasteiger partial charge in [0.15, 0.2) is 0 Å². The van der Waals surface area contributed by atoms with Gasteiger partial charge >= 0.3 is 0 Å². The van der Waals surface area contributed by atoms with Crippen molar-refractivity contribution in [3.05, 3.63) is 36.4 Å². The number of imidazole rings is 1. The van der Waals surface area contributed by atoms with Crippen LogP contribution < -0.4 is 5.32 Å². The zero-order valence-corrected chi connectivity index (χ0v) is 14.6. The molecule has 0 aromatic carbocycles. The lowest BCUT2D eigenvalue weighted by Crippen LogP contribution is -2.41. The summed E-state index contributed by atoms with van der Waals surface area (Å²) in [6.07, 6.45) is 11.0. The summed E-state index contributed by atoms with van der Waals surface area (Å²) in [7, 11) is 0. The Labute approximate surface area is 143 Å². The van der Waals surface area contributed by atoms with Gasteiger partial charge in [-0.1, -0.05) is 26.2 Å². The van der Waals surface area contributed by atoms with Gasteiger partial charge in [-0.3, -0.25) is 9.78 Å². The fourth-order valence-electron chi connectivity index (χ4n) is 3.52. The molecule has 0 radical (unpaired) electrons. The summed E-state index contributed by atoms with van der Waals surface area (Å²) in [5, 5.41) is 3.13. The molecular weight excluding hydrogens is 300 g/mol. The number of hydrogen-bond donors (Lipinski definition) is 1. The summed E-state index contributed by atoms with van der Waals surface area (Å²) in [5.74, 6) is 1.10. The van der Waals surface area contributed by atoms with Crippen molar-refractivity contribution in [3.63, 3.8) is 0 Å². The average molecular weight is 326 g/mol. The standard InChI is InChI=1S/C19H26N4O/c1-15-13-22-17(16-7-6-10-20-14-16)23(15)12-11-21-18(24)19(2)8-4-3-5-9-19/h6-7,10,13-14H,3-5,8-9,11-12H2,1-2H3,(H,21,24). The van der Waals surface area contributed by atoms with E-state index < -0.39 is 0 Å². The highest BCUT2D eigenvalue weighted by molar-refractivity contribution is 5.82. The van der Waals surface area contributed by atoms with Crippen LogP contribution >= 0.6 is 0 Å². The predicted octanol–water partition coefficient (Wildman–Crippen LogP) is 3.34. The number of aryl methyl sites for hydroxylation is 1. The molecule has 5 heteroatoms. The molecule has 5 nitrogen and oxygen atoms in total. The molecule has 24 heavy (non-hydrogen) atoms. The topological polar surface area (TPSA) is 59.8 Å². The van der Waals surface area contributed by atoms with Gasteiger partial charge in [-0.25, -0.2) is 4.98 Å². The largest absolute Gasteiger partial charge is 0.354 e. The minimum absolute atomic E-state index is 0.186. The molecule has 1 aliphatic rings. The second-order valence-corrected chi connectivity index (χ2v) is 6.99. The van der Waals surface area contributed by atoms with E-state index in [1.807, 2.05) is 31.5 Å². The predicted molar refractivity (Wildman–Crippen MR) is 94.4 cm³/mol. The molecule has 0 aliphatic heterocycles. The molecule has 1 fully saturated rings. The maximum atomic E-state index is 12.5. The Kier molecular flexibility index (Phi) is 4.97. The molecule has 128 valence electrons. The van der Waals surface area contributed by atoms with Crippen LogP contribution in [0.3, 0.4) is 0 Å². The van der Waals surface area contributed by atoms with Crippen molar-refractivity contribution in [2.75, 3.05) is 6.54 Å². The van der Waals surface area contributed by atoms with Crippen LogP contribution in [0.15, 0.2) is 30.7 Å². The number of carbonyl (C=O) groups is 1. The Morgan fingerprint density at radius 3 is 2.79 bits per heavy atom. The highest BCUT2D eigenvalue weighted by atomic mass is 16.2. The van der Waals surface area contributed by atoms with Crippen LogP contribution in [-0.2, 0) is 11.3 Å². The first-order chi connectivity index (χ1) is 11.6. The first kappa shape index (κ1) is 16.7. The van der Waals surface area contributed by atoms with Gasteiger partial charge in [-0.05, 0) is 31.9 Å². The summed E-state index contributed by atoms with van der Waals surface area (Å²) >= 11 is 0. The van der Waals surface area contributed by atoms with Crippen LogP contribution in [0, 0.1) is 12.3 Å². The number of rotatable bonds is 5. The Bertz CT molecular complexity index is 687. The van der Waals surface area contributed by atoms with Crippen molar-refractivity contribution in [3.8, 4) is 11.4 Å². The van der Waals surface area contributed by atoms with Gasteiger partial charge in [0, 0.05) is 48.4 Å². The minimum atomic E-state index is -0.186. The monoisotopic (exact) mass is 326 g/mol. The highest BCUT2D eigenvalue weighted by Crippen LogP contribution is 2.35. The lowest BCUT2D eigenvalue weighted by Gasteiger charge is -2.32. The van der Waals surface area contributed by atoms with Crippen molar-refractivity contribution >= 4 is 5.91 Å². The molecule has 1 N–H and O–H groups in total. The Balaban J connectivity index is 1.63. The molecule has 0 bridgehead atoms. The van der Waals surface area contributed by atoms with Crippen LogP contribution in [-0.4, -0.2) is 27.0 Å². The fourth-order valence-corrected chi connectivity index (χ4v) is 3.52. The fraction of sp³-hybridized carbons (Fsp3) is 0.526. The number of carbonyl (C=O) groups excluding carboxylic acids is 1. The number of aromatic nitrogens is 3. The number of amides is 1. The summed E-state index contributed by atoms with van der Waals surface area (Å²) in [6.45, 7) is 5.49. The summed E-state index contributed by atoms with van der Waals surface area (Å²) in [6, 6.07) is 3.92. The van der Waals surface area contributed by atoms with Crippen molar-refractivity contribution in [2.45, 2.75) is 52.5 Å². The molecule has 2 aromatic rings. The molecule has 1 aliphatic carbocycles. The van der Waals surface area contributed by atoms with Gasteiger partial charge in [0.1, 0.15) is 5.82 Å². The van der Waals surface area contributed by atoms with Crippen LogP contribution in [0.5, 0.6) is 0 Å². The summed E-state index contributed by atoms with van der Waals surface area (Å²) in [4.78, 5) is 21.2. The van der Waals surface area contributed by atoms with Gasteiger partial charge in [-0.15, -0.1) is 0 Å². The first-order valence-corrected chi connectivity index (χ1v) is 8.81. The van der Waals surface area contributed by atoms with Crippen LogP contribution in [0.25, 0.3) is 11.4 Å². The maximum absolute atomic E-state index is 12.5. The second kappa shape index (κ2) is 7.16. The number of pyridine rings is 1. The zero-order valence-electron chi connectivity index (χ0n) is 14.6. The van der Waals surface area contributed by atoms with E-state index in [9.17, 15) is 4.79 Å². The van der Waals surface area contributed by atoms with Crippen LogP contribution in [0.2, 0.25) is 0 Å². The Hall–Kier alpha value is -2.17. The molecule has 0 spiro atoms. The average Bonchev–Trinajstić information content (AvgIpc) is 2.97. The van der Waals surface area contributed by atoms with E-state index in [0.29, 0.717) is 6.54 Å². The number of nitrogens with zero attached hydrogens (tertiary/aromatic N) is 3. The smallest absolute Gasteiger partial charge is 0.225 e. The lowest BCUT2D eigenvalue weighted by molar-refractivity contribution is -0.131. The van der Waals surface area contributed by atoms with Gasteiger partial charge in [0.2, 0.25) is 5.91 Å². The third kappa shape index (κ3) is 3.50. The Morgan fingerprint density at radius 1 is 1.29 bits per heavy atom. The highest BCUT2D eigenvalue weighted by Gasteiger charge is 2.34. The van der Waals surface area contributed by atoms with Gasteiger partial charge < -0.3 is 9.88 Å². The normalized spacial score (nSPS) is 16.8. The van der Waals surface area contributed by atoms with E-state index in [4.69, 9.17) is 0 Å². The number of nitrogens with one attached hydrogen (secondary N) is 1. The van der Waals surface area contributed by atoms with E-state index in [2.05, 4.69) is 26.8 Å². The van der Waals surface area contributed by atoms with E-state index in [-0.39, 0.29) is 11.3 Å². The second-order valence-electron chi connectivity index (χ2n) is 6.99. The molecule has 1 saturated carbocycles. The first-order valence-electron chi connectivity index (χ1n) is 8.81. The minimum Gasteiger partial charge on any atom is -0.354 e. The quantitative estimate of drug-likeness (QED) is 0.917. The molecule has 0 atom stereocenters. The summed E-state index contributed by atoms with van der Waals surface area (Å²) < 4.78 is 2.14. The molecule has 0 saturated heterocycles. The Morgan fingerprint density at radius 2 is 2.08 bits per heavy atom. The SMILES string of the molecule is Cc1cnc(-c2cccnc2)n1CCNC(=O)C1(C)CCCCC1. The van der Waals surface area contributed by atoms with Gasteiger partial charge in [0.25, 0.3) is 0 Å². The molecule has 3 rings (SSSR count). The molecule has 2 heterocycles. The van der Waals surface area contributed by atoms with Crippen molar-refractivity contribution < 1.29 is 4.79 Å². The molecular formula is C19H26N4O. The van der Waals surface area contributed by atoms with Crippen molar-refractivity contribution in [1.29, 1.82) is 0 Å². The van der Waals surface area contributed by atoms with Gasteiger partial charge in [0.05, 0.1) is 0 Å². The molecule has 2 aromatic heterocycles. The third-order valence-corrected chi connectivity index (χ3v) is 5.10. The van der Waals surface area contributed by atoms with E-state index in [1.54, 1.807) is 6.20 Å². The number of hydrogen-bond acceptors (Lipinski definition) is 3. The summed E-state index contributed by atoms with van der Waals surface area (Å²) in [5.41, 5.74) is 1.90. The molecule has 1 amide bonds. The maximum Gasteiger partial charge on any atom is 0.225 e. The van der Waals surface area contributed by atoms with E-state index in [1.165, 1.54) is 6.42 Å². The van der Waals surface area contributed by atoms with Crippen molar-refractivity contribution in [1.82, 2.24) is 19.9 Å². The van der Waals surface area contributed by atoms with Crippen LogP contribution in [0.1, 0.15) is 44.7 Å². The van der Waals surface area contributed by atoms with E-state index in [0.717, 1.165) is 49.3 Å². The van der Waals surface area contributed by atoms with E-state index >= 15 is 0 Å². The van der Waals surface area contributed by atoms with Crippen LogP contribution in [0.4, 0.5) is 0 Å². The zero-order chi connectivity index (χ0) is 17.0. The molecule has 0 unspecified atom stereocenters. The third-order valence-electron chi connectivity index (χ3n) is 5.10. The van der Waals surface area contributed by atoms with Crippen molar-refractivity contribution in [2.24, 2.45) is 5.41 Å².